The molecule has 8 heterocycles. The Kier molecular flexibility index (Phi) is 25.3. The number of ether oxygens (including phenoxy) is 3. The average Bonchev–Trinajstić information content (AvgIpc) is 1.75. The maximum Gasteiger partial charge on any atom is 0.301 e. The van der Waals surface area contributed by atoms with Gasteiger partial charge >= 0.3 is 5.92 Å². The van der Waals surface area contributed by atoms with Gasteiger partial charge in [0.2, 0.25) is 29.5 Å². The van der Waals surface area contributed by atoms with Crippen LogP contribution in [-0.2, 0) is 42.9 Å². The smallest absolute Gasteiger partial charge is 0.301 e. The van der Waals surface area contributed by atoms with Crippen LogP contribution < -0.4 is 30.2 Å². The summed E-state index contributed by atoms with van der Waals surface area (Å²) in [5.41, 5.74) is 8.05. The molecule has 15 rings (SSSR count). The predicted molar refractivity (Wildman–Crippen MR) is 411 cm³/mol. The van der Waals surface area contributed by atoms with Crippen molar-refractivity contribution in [1.29, 1.82) is 15.8 Å². The molecule has 0 radical (unpaired) electrons. The maximum atomic E-state index is 14.8. The number of aryl methyl sites for hydroxylation is 2. The van der Waals surface area contributed by atoms with Crippen molar-refractivity contribution in [1.82, 2.24) is 54.2 Å². The summed E-state index contributed by atoms with van der Waals surface area (Å²) < 4.78 is 79.6. The van der Waals surface area contributed by atoms with E-state index in [1.165, 1.54) is 28.1 Å². The first-order valence-corrected chi connectivity index (χ1v) is 37.8. The van der Waals surface area contributed by atoms with Crippen LogP contribution in [-0.4, -0.2) is 212 Å². The van der Waals surface area contributed by atoms with E-state index < -0.39 is 86.8 Å². The molecule has 6 fully saturated rings. The van der Waals surface area contributed by atoms with Gasteiger partial charge in [0, 0.05) is 136 Å². The third-order valence-electron chi connectivity index (χ3n) is 21.1. The summed E-state index contributed by atoms with van der Waals surface area (Å²) in [5, 5.41) is 82.8. The zero-order valence-electron chi connectivity index (χ0n) is 63.3. The maximum absolute atomic E-state index is 14.8. The molecular formula is C83H81F4N17O13. The Bertz CT molecular complexity index is 5100. The molecule has 0 spiro atoms. The SMILES string of the molecule is Cn1cc([C@@H]2C[C@H]2C(=O)Nc2ccnc(-c3ccc(O[C@H]4CCN(C(=O)CO)C[C@H]4F)c(C#N)c3)c2)cn1.Cn1cnc(C2CC2C(=O)Nc2cccc(-c3ccc(O[C@H]4CCN(C(=O)CO)C[C@H]4F)c(C#N)c3)c2)n1.N#Cc1cc(-c2cc(NC(=O)[C@@H]3C[C@H]3c3cccnc3)ccn2)ccc1O[C@H]1CCN(C(=O)[C@@H](O)CO)CC1(F)F. The number of nitrogens with one attached hydrogen (secondary N) is 3. The molecule has 3 saturated heterocycles. The summed E-state index contributed by atoms with van der Waals surface area (Å²) in [6, 6.07) is 38.5. The Morgan fingerprint density at radius 1 is 0.556 bits per heavy atom. The van der Waals surface area contributed by atoms with Crippen molar-refractivity contribution >= 4 is 52.5 Å². The van der Waals surface area contributed by atoms with E-state index in [2.05, 4.69) is 58.2 Å². The highest BCUT2D eigenvalue weighted by Gasteiger charge is 2.50. The van der Waals surface area contributed by atoms with Gasteiger partial charge in [0.25, 0.3) is 5.91 Å². The van der Waals surface area contributed by atoms with Gasteiger partial charge in [-0.2, -0.15) is 26.0 Å². The highest BCUT2D eigenvalue weighted by atomic mass is 19.3. The summed E-state index contributed by atoms with van der Waals surface area (Å²) in [5.74, 6) is -4.73. The number of amides is 6. The molecule has 34 heteroatoms. The van der Waals surface area contributed by atoms with Gasteiger partial charge in [-0.05, 0) is 144 Å². The molecule has 3 aliphatic carbocycles. The Hall–Kier alpha value is -13.1. The highest BCUT2D eigenvalue weighted by Crippen LogP contribution is 2.50. The lowest BCUT2D eigenvalue weighted by atomic mass is 10.0. The minimum Gasteiger partial charge on any atom is -0.486 e. The number of benzene rings is 4. The van der Waals surface area contributed by atoms with Crippen molar-refractivity contribution in [2.75, 3.05) is 75.0 Å². The third-order valence-corrected chi connectivity index (χ3v) is 21.1. The normalized spacial score (nSPS) is 22.2. The van der Waals surface area contributed by atoms with Gasteiger partial charge in [-0.1, -0.05) is 24.3 Å². The van der Waals surface area contributed by atoms with Gasteiger partial charge < -0.3 is 65.3 Å². The van der Waals surface area contributed by atoms with Crippen molar-refractivity contribution in [3.8, 4) is 69.1 Å². The average molecular weight is 1600 g/mol. The fraction of sp³-hybridized carbons (Fsp3) is 0.361. The van der Waals surface area contributed by atoms with Crippen molar-refractivity contribution in [3.63, 3.8) is 0 Å². The number of rotatable bonds is 22. The van der Waals surface area contributed by atoms with E-state index in [9.17, 15) is 67.2 Å². The molecule has 5 aromatic heterocycles. The molecule has 604 valence electrons. The third kappa shape index (κ3) is 19.8. The number of carbonyl (C=O) groups is 6. The van der Waals surface area contributed by atoms with Crippen LogP contribution in [0.2, 0.25) is 0 Å². The number of hydrogen-bond donors (Lipinski definition) is 7. The molecule has 9 aromatic rings. The van der Waals surface area contributed by atoms with Crippen LogP contribution in [0.25, 0.3) is 33.6 Å². The van der Waals surface area contributed by atoms with E-state index in [1.54, 1.807) is 120 Å². The van der Waals surface area contributed by atoms with Gasteiger partial charge in [-0.15, -0.1) is 0 Å². The van der Waals surface area contributed by atoms with Crippen LogP contribution in [0, 0.1) is 51.7 Å². The Balaban J connectivity index is 0.000000153. The lowest BCUT2D eigenvalue weighted by molar-refractivity contribution is -0.167. The van der Waals surface area contributed by atoms with Gasteiger partial charge in [0.05, 0.1) is 60.5 Å². The van der Waals surface area contributed by atoms with E-state index in [1.807, 2.05) is 49.6 Å². The summed E-state index contributed by atoms with van der Waals surface area (Å²) >= 11 is 0. The number of carbonyl (C=O) groups excluding carboxylic acids is 6. The number of pyridine rings is 3. The number of aromatic nitrogens is 8. The number of hydrogen-bond acceptors (Lipinski definition) is 22. The lowest BCUT2D eigenvalue weighted by Crippen LogP contribution is -2.57. The molecule has 7 N–H and O–H groups in total. The van der Waals surface area contributed by atoms with Crippen molar-refractivity contribution in [2.45, 2.75) is 99.0 Å². The molecule has 0 bridgehead atoms. The van der Waals surface area contributed by atoms with E-state index in [-0.39, 0.29) is 139 Å². The second-order valence-electron chi connectivity index (χ2n) is 29.3. The van der Waals surface area contributed by atoms with Gasteiger partial charge in [0.15, 0.2) is 30.4 Å². The number of aliphatic hydroxyl groups excluding tert-OH is 4. The second-order valence-corrected chi connectivity index (χ2v) is 29.3. The molecule has 4 aromatic carbocycles. The van der Waals surface area contributed by atoms with Gasteiger partial charge in [-0.3, -0.25) is 53.1 Å². The van der Waals surface area contributed by atoms with E-state index in [0.29, 0.717) is 51.8 Å². The van der Waals surface area contributed by atoms with Crippen LogP contribution in [0.5, 0.6) is 17.2 Å². The van der Waals surface area contributed by atoms with Crippen LogP contribution >= 0.6 is 0 Å². The largest absolute Gasteiger partial charge is 0.486 e. The summed E-state index contributed by atoms with van der Waals surface area (Å²) in [4.78, 5) is 94.0. The van der Waals surface area contributed by atoms with Crippen LogP contribution in [0.3, 0.4) is 0 Å². The zero-order valence-corrected chi connectivity index (χ0v) is 63.3. The fourth-order valence-corrected chi connectivity index (χ4v) is 14.4. The fourth-order valence-electron chi connectivity index (χ4n) is 14.4. The molecule has 30 nitrogen and oxygen atoms in total. The molecule has 6 aliphatic rings. The topological polar surface area (TPSA) is 415 Å². The Labute approximate surface area is 667 Å². The van der Waals surface area contributed by atoms with Gasteiger partial charge in [-0.25, -0.2) is 22.5 Å². The van der Waals surface area contributed by atoms with E-state index in [4.69, 9.17) is 29.5 Å². The second kappa shape index (κ2) is 36.2. The quantitative estimate of drug-likeness (QED) is 0.0322. The standard InChI is InChI=1S/C29H27F2N5O5.2C27H27FN6O4/c30-29(31)16-36(28(40)24(38)15-37)9-6-26(29)41-25-4-3-17(10-19(25)13-32)23-11-20(5-8-34-23)35-27(39)22-12-21(22)18-2-1-7-33-14-18;1-33-13-18(12-31-33)20-10-21(20)27(37)32-19-4-6-30-23(9-19)16-2-3-24(17(8-16)11-29)38-25-5-7-34(14-22(25)28)26(36)15-35;1-33-15-30-26(32-33)20-11-21(20)27(37)31-19-4-2-3-16(10-19)17-5-6-23(18(9-17)12-29)38-24-7-8-34(13-22(24)28)25(36)14-35/h1-5,7-8,10-11,14,21-22,24,26,37-38H,6,9,12,15-16H2,(H,34,35,39);2-4,6,8-9,12-13,20-22,25,35H,5,7,10,14-15H2,1H3,(H,30,32,37);2-6,9-10,15,20-22,24,35H,7-8,11,13-14H2,1H3,(H,31,37)/t21-,22+,24-,26-;20-,21+,22+,25-;20?,21?,22-,24+/m001/s1. The van der Waals surface area contributed by atoms with E-state index in [0.717, 1.165) is 40.0 Å². The zero-order chi connectivity index (χ0) is 82.8. The molecular weight excluding hydrogens is 1520 g/mol. The minimum absolute atomic E-state index is 0.0149. The monoisotopic (exact) mass is 1600 g/mol. The summed E-state index contributed by atoms with van der Waals surface area (Å²) in [6.07, 6.45) is 6.49. The number of aliphatic hydroxyl groups is 4. The molecule has 2 unspecified atom stereocenters. The number of nitriles is 3. The Morgan fingerprint density at radius 2 is 1.05 bits per heavy atom. The Morgan fingerprint density at radius 3 is 1.53 bits per heavy atom. The first-order chi connectivity index (χ1) is 56.4. The first kappa shape index (κ1) is 81.9. The van der Waals surface area contributed by atoms with Crippen LogP contribution in [0.1, 0.15) is 89.9 Å². The van der Waals surface area contributed by atoms with Gasteiger partial charge in [0.1, 0.15) is 67.2 Å². The minimum atomic E-state index is -3.46. The van der Waals surface area contributed by atoms with Crippen LogP contribution in [0.4, 0.5) is 34.6 Å². The summed E-state index contributed by atoms with van der Waals surface area (Å²) in [7, 11) is 3.64. The molecule has 3 aliphatic heterocycles. The van der Waals surface area contributed by atoms with Crippen molar-refractivity contribution in [2.24, 2.45) is 31.8 Å². The number of likely N-dealkylation sites (tertiary alicyclic amines) is 3. The lowest BCUT2D eigenvalue weighted by Gasteiger charge is -2.38. The molecule has 6 amide bonds. The number of nitrogens with zero attached hydrogens (tertiary/aromatic N) is 14. The highest BCUT2D eigenvalue weighted by molar-refractivity contribution is 5.97. The molecule has 117 heavy (non-hydrogen) atoms. The number of alkyl halides is 4. The summed E-state index contributed by atoms with van der Waals surface area (Å²) in [6.45, 7) is -3.09. The predicted octanol–water partition coefficient (Wildman–Crippen LogP) is 7.54. The molecule has 3 saturated carbocycles. The van der Waals surface area contributed by atoms with Crippen molar-refractivity contribution < 1.29 is 81.0 Å². The molecule has 12 atom stereocenters. The number of halogens is 4. The number of anilines is 3. The number of piperidine rings is 3. The first-order valence-electron chi connectivity index (χ1n) is 37.8. The van der Waals surface area contributed by atoms with E-state index >= 15 is 0 Å². The van der Waals surface area contributed by atoms with Crippen molar-refractivity contribution in [3.05, 3.63) is 192 Å². The van der Waals surface area contributed by atoms with Crippen LogP contribution in [0.15, 0.2) is 159 Å².